The molecule has 0 aliphatic rings. The van der Waals surface area contributed by atoms with Gasteiger partial charge in [0.15, 0.2) is 0 Å². The summed E-state index contributed by atoms with van der Waals surface area (Å²) in [4.78, 5) is 0.998. The first kappa shape index (κ1) is 14.6. The van der Waals surface area contributed by atoms with E-state index in [4.69, 9.17) is 28.5 Å². The second-order valence-corrected chi connectivity index (χ2v) is 4.56. The molecule has 0 N–H and O–H groups in total. The Labute approximate surface area is 121 Å². The number of nitrogens with zero attached hydrogens (tertiary/aromatic N) is 4. The predicted molar refractivity (Wildman–Crippen MR) is 65.7 cm³/mol. The molecule has 0 atom stereocenters. The van der Waals surface area contributed by atoms with Crippen molar-refractivity contribution in [2.75, 3.05) is 0 Å². The van der Waals surface area contributed by atoms with Gasteiger partial charge in [0.1, 0.15) is 5.69 Å². The van der Waals surface area contributed by atoms with Crippen LogP contribution in [0.3, 0.4) is 0 Å². The third kappa shape index (κ3) is 2.86. The molecule has 0 saturated heterocycles. The van der Waals surface area contributed by atoms with Crippen LogP contribution in [0.25, 0.3) is 5.69 Å². The van der Waals surface area contributed by atoms with Gasteiger partial charge in [-0.25, -0.2) is 0 Å². The Morgan fingerprint density at radius 1 is 1.25 bits per heavy atom. The number of alkyl halides is 3. The van der Waals surface area contributed by atoms with Gasteiger partial charge in [-0.15, -0.1) is 4.80 Å². The molecule has 0 spiro atoms. The maximum absolute atomic E-state index is 12.6. The average Bonchev–Trinajstić information content (AvgIpc) is 2.76. The number of benzene rings is 1. The van der Waals surface area contributed by atoms with Gasteiger partial charge in [-0.3, -0.25) is 0 Å². The van der Waals surface area contributed by atoms with E-state index in [9.17, 15) is 13.2 Å². The van der Waals surface area contributed by atoms with Gasteiger partial charge < -0.3 is 0 Å². The van der Waals surface area contributed by atoms with Crippen molar-refractivity contribution >= 4 is 23.2 Å². The number of aromatic nitrogens is 3. The van der Waals surface area contributed by atoms with Crippen LogP contribution in [0.15, 0.2) is 18.3 Å². The summed E-state index contributed by atoms with van der Waals surface area (Å²) in [5, 5.41) is 15.8. The van der Waals surface area contributed by atoms with Gasteiger partial charge in [0.05, 0.1) is 40.0 Å². The molecule has 104 valence electrons. The van der Waals surface area contributed by atoms with Crippen molar-refractivity contribution in [1.29, 1.82) is 5.26 Å². The lowest BCUT2D eigenvalue weighted by Gasteiger charge is -2.11. The molecular weight excluding hydrogens is 316 g/mol. The van der Waals surface area contributed by atoms with Crippen molar-refractivity contribution in [3.05, 3.63) is 39.6 Å². The molecule has 0 aliphatic heterocycles. The van der Waals surface area contributed by atoms with Gasteiger partial charge in [-0.2, -0.15) is 28.6 Å². The van der Waals surface area contributed by atoms with E-state index in [0.29, 0.717) is 5.69 Å². The number of halogens is 5. The molecule has 1 aromatic heterocycles. The quantitative estimate of drug-likeness (QED) is 0.848. The van der Waals surface area contributed by atoms with Crippen LogP contribution in [0, 0.1) is 11.3 Å². The third-order valence-electron chi connectivity index (χ3n) is 2.34. The highest BCUT2D eigenvalue weighted by atomic mass is 35.5. The summed E-state index contributed by atoms with van der Waals surface area (Å²) in [5.74, 6) is 0. The monoisotopic (exact) mass is 320 g/mol. The van der Waals surface area contributed by atoms with E-state index in [-0.39, 0.29) is 22.2 Å². The van der Waals surface area contributed by atoms with Crippen LogP contribution in [0.2, 0.25) is 10.0 Å². The van der Waals surface area contributed by atoms with Crippen molar-refractivity contribution in [2.45, 2.75) is 12.6 Å². The van der Waals surface area contributed by atoms with E-state index in [1.54, 1.807) is 0 Å². The Morgan fingerprint density at radius 2 is 1.85 bits per heavy atom. The van der Waals surface area contributed by atoms with Crippen LogP contribution in [0.1, 0.15) is 11.3 Å². The topological polar surface area (TPSA) is 54.5 Å². The van der Waals surface area contributed by atoms with Gasteiger partial charge >= 0.3 is 6.18 Å². The molecule has 0 radical (unpaired) electrons. The molecule has 0 fully saturated rings. The second-order valence-electron chi connectivity index (χ2n) is 3.75. The summed E-state index contributed by atoms with van der Waals surface area (Å²) in [5.41, 5.74) is -0.564. The zero-order chi connectivity index (χ0) is 14.9. The largest absolute Gasteiger partial charge is 0.416 e. The molecule has 2 aromatic rings. The predicted octanol–water partition coefficient (Wildman–Crippen LogP) is 3.66. The Hall–Kier alpha value is -1.78. The summed E-state index contributed by atoms with van der Waals surface area (Å²) in [6.45, 7) is 0. The molecule has 0 unspecified atom stereocenters. The standard InChI is InChI=1S/C11H5Cl2F3N4/c12-8-3-6(11(14,15)16)4-9(13)10(8)20-18-5-7(19-20)1-2-17/h3-5H,1H2. The lowest BCUT2D eigenvalue weighted by atomic mass is 10.2. The van der Waals surface area contributed by atoms with E-state index in [0.717, 1.165) is 16.9 Å². The summed E-state index contributed by atoms with van der Waals surface area (Å²) >= 11 is 11.6. The summed E-state index contributed by atoms with van der Waals surface area (Å²) in [6, 6.07) is 3.37. The fourth-order valence-electron chi connectivity index (χ4n) is 1.48. The summed E-state index contributed by atoms with van der Waals surface area (Å²) in [6.07, 6.45) is -3.21. The van der Waals surface area contributed by atoms with E-state index in [1.165, 1.54) is 6.20 Å². The highest BCUT2D eigenvalue weighted by Gasteiger charge is 2.32. The molecule has 0 amide bonds. The number of nitriles is 1. The van der Waals surface area contributed by atoms with Crippen LogP contribution in [0.4, 0.5) is 13.2 Å². The van der Waals surface area contributed by atoms with Gasteiger partial charge in [0.2, 0.25) is 0 Å². The van der Waals surface area contributed by atoms with E-state index in [2.05, 4.69) is 10.2 Å². The Morgan fingerprint density at radius 3 is 2.35 bits per heavy atom. The molecule has 2 rings (SSSR count). The van der Waals surface area contributed by atoms with E-state index < -0.39 is 11.7 Å². The minimum absolute atomic E-state index is 0.0237. The molecule has 1 heterocycles. The van der Waals surface area contributed by atoms with Gasteiger partial charge in [0, 0.05) is 0 Å². The minimum Gasteiger partial charge on any atom is -0.198 e. The maximum atomic E-state index is 12.6. The normalized spacial score (nSPS) is 11.4. The first-order chi connectivity index (χ1) is 9.32. The van der Waals surface area contributed by atoms with Gasteiger partial charge in [-0.05, 0) is 12.1 Å². The van der Waals surface area contributed by atoms with Crippen molar-refractivity contribution in [3.8, 4) is 11.8 Å². The van der Waals surface area contributed by atoms with Crippen molar-refractivity contribution in [2.24, 2.45) is 0 Å². The van der Waals surface area contributed by atoms with Crippen LogP contribution in [-0.2, 0) is 12.6 Å². The van der Waals surface area contributed by atoms with Crippen LogP contribution >= 0.6 is 23.2 Å². The lowest BCUT2D eigenvalue weighted by Crippen LogP contribution is -2.08. The SMILES string of the molecule is N#CCc1cnn(-c2c(Cl)cc(C(F)(F)F)cc2Cl)n1. The van der Waals surface area contributed by atoms with Crippen molar-refractivity contribution < 1.29 is 13.2 Å². The maximum Gasteiger partial charge on any atom is 0.416 e. The Kier molecular flexibility index (Phi) is 3.88. The smallest absolute Gasteiger partial charge is 0.198 e. The van der Waals surface area contributed by atoms with Crippen LogP contribution < -0.4 is 0 Å². The van der Waals surface area contributed by atoms with E-state index >= 15 is 0 Å². The van der Waals surface area contributed by atoms with Crippen molar-refractivity contribution in [3.63, 3.8) is 0 Å². The molecule has 20 heavy (non-hydrogen) atoms. The van der Waals surface area contributed by atoms with E-state index in [1.807, 2.05) is 6.07 Å². The molecule has 9 heteroatoms. The zero-order valence-corrected chi connectivity index (χ0v) is 11.1. The van der Waals surface area contributed by atoms with Crippen molar-refractivity contribution in [1.82, 2.24) is 15.0 Å². The molecule has 0 bridgehead atoms. The Balaban J connectivity index is 2.50. The fourth-order valence-corrected chi connectivity index (χ4v) is 2.12. The third-order valence-corrected chi connectivity index (χ3v) is 2.92. The second kappa shape index (κ2) is 5.31. The number of rotatable bonds is 2. The fraction of sp³-hybridized carbons (Fsp3) is 0.182. The first-order valence-corrected chi connectivity index (χ1v) is 5.93. The average molecular weight is 321 g/mol. The lowest BCUT2D eigenvalue weighted by molar-refractivity contribution is -0.137. The highest BCUT2D eigenvalue weighted by molar-refractivity contribution is 6.37. The van der Waals surface area contributed by atoms with Gasteiger partial charge in [0.25, 0.3) is 0 Å². The molecule has 4 nitrogen and oxygen atoms in total. The number of hydrogen-bond donors (Lipinski definition) is 0. The summed E-state index contributed by atoms with van der Waals surface area (Å²) < 4.78 is 37.8. The molecular formula is C11H5Cl2F3N4. The minimum atomic E-state index is -4.55. The first-order valence-electron chi connectivity index (χ1n) is 5.17. The zero-order valence-electron chi connectivity index (χ0n) is 9.62. The highest BCUT2D eigenvalue weighted by Crippen LogP contribution is 2.36. The molecule has 0 aliphatic carbocycles. The summed E-state index contributed by atoms with van der Waals surface area (Å²) in [7, 11) is 0. The molecule has 1 aromatic carbocycles. The van der Waals surface area contributed by atoms with Crippen LogP contribution in [0.5, 0.6) is 0 Å². The molecule has 0 saturated carbocycles. The Bertz CT molecular complexity index is 665. The number of hydrogen-bond acceptors (Lipinski definition) is 3. The van der Waals surface area contributed by atoms with Gasteiger partial charge in [-0.1, -0.05) is 23.2 Å². The van der Waals surface area contributed by atoms with Crippen LogP contribution in [-0.4, -0.2) is 15.0 Å².